The molecule has 8 heteroatoms. The van der Waals surface area contributed by atoms with E-state index in [1.807, 2.05) is 0 Å². The number of hydrogen-bond acceptors (Lipinski definition) is 5. The first-order chi connectivity index (χ1) is 16.0. The summed E-state index contributed by atoms with van der Waals surface area (Å²) in [5.41, 5.74) is 1.71. The van der Waals surface area contributed by atoms with Crippen LogP contribution in [0.2, 0.25) is 5.02 Å². The van der Waals surface area contributed by atoms with E-state index in [2.05, 4.69) is 21.4 Å². The number of amides is 1. The van der Waals surface area contributed by atoms with Gasteiger partial charge in [-0.1, -0.05) is 41.9 Å². The maximum Gasteiger partial charge on any atom is 0.262 e. The van der Waals surface area contributed by atoms with Crippen LogP contribution in [0.25, 0.3) is 22.6 Å². The average Bonchev–Trinajstić information content (AvgIpc) is 2.82. The minimum Gasteiger partial charge on any atom is -0.484 e. The highest BCUT2D eigenvalue weighted by Gasteiger charge is 2.09. The van der Waals surface area contributed by atoms with E-state index >= 15 is 0 Å². The Bertz CT molecular complexity index is 1450. The molecule has 33 heavy (non-hydrogen) atoms. The number of fused-ring (bicyclic) bond motifs is 1. The van der Waals surface area contributed by atoms with Crippen LogP contribution in [0.15, 0.2) is 77.6 Å². The number of carbonyl (C=O) groups is 1. The number of hydrogen-bond donors (Lipinski definition) is 2. The normalized spacial score (nSPS) is 11.1. The highest BCUT2D eigenvalue weighted by Crippen LogP contribution is 2.19. The fourth-order valence-electron chi connectivity index (χ4n) is 3.11. The number of aromatic amines is 1. The fourth-order valence-corrected chi connectivity index (χ4v) is 3.30. The SMILES string of the molecule is N#C/C(=C\c1ccc(OCC(=O)Nc2cccc(Cl)c2)cc1)c1nc2ccccc2c(=O)[nH]1. The van der Waals surface area contributed by atoms with Gasteiger partial charge in [-0.05, 0) is 54.1 Å². The molecule has 1 heterocycles. The van der Waals surface area contributed by atoms with Gasteiger partial charge in [0.15, 0.2) is 12.4 Å². The number of rotatable bonds is 6. The molecule has 0 fully saturated rings. The summed E-state index contributed by atoms with van der Waals surface area (Å²) in [4.78, 5) is 31.4. The molecule has 0 aliphatic carbocycles. The van der Waals surface area contributed by atoms with Crippen LogP contribution >= 0.6 is 11.6 Å². The Morgan fingerprint density at radius 3 is 2.67 bits per heavy atom. The number of nitrogens with one attached hydrogen (secondary N) is 2. The Balaban J connectivity index is 1.44. The van der Waals surface area contributed by atoms with Crippen LogP contribution in [0.3, 0.4) is 0 Å². The van der Waals surface area contributed by atoms with Crippen molar-refractivity contribution < 1.29 is 9.53 Å². The van der Waals surface area contributed by atoms with Crippen LogP contribution in [0, 0.1) is 11.3 Å². The van der Waals surface area contributed by atoms with Crippen molar-refractivity contribution >= 4 is 45.7 Å². The van der Waals surface area contributed by atoms with Gasteiger partial charge in [-0.3, -0.25) is 9.59 Å². The van der Waals surface area contributed by atoms with Gasteiger partial charge in [-0.2, -0.15) is 5.26 Å². The topological polar surface area (TPSA) is 108 Å². The zero-order chi connectivity index (χ0) is 23.2. The molecule has 4 aromatic rings. The largest absolute Gasteiger partial charge is 0.484 e. The van der Waals surface area contributed by atoms with E-state index in [0.29, 0.717) is 32.9 Å². The number of H-pyrrole nitrogens is 1. The van der Waals surface area contributed by atoms with E-state index in [1.165, 1.54) is 0 Å². The van der Waals surface area contributed by atoms with Crippen LogP contribution in [0.5, 0.6) is 5.75 Å². The van der Waals surface area contributed by atoms with Crippen LogP contribution in [-0.4, -0.2) is 22.5 Å². The standard InChI is InChI=1S/C25H17ClN4O3/c26-18-4-3-5-19(13-18)28-23(31)15-33-20-10-8-16(9-11-20)12-17(14-27)24-29-22-7-2-1-6-21(22)25(32)30-24/h1-13H,15H2,(H,28,31)(H,29,30,32)/b17-12+. The average molecular weight is 457 g/mol. The Morgan fingerprint density at radius 2 is 1.91 bits per heavy atom. The smallest absolute Gasteiger partial charge is 0.262 e. The molecule has 7 nitrogen and oxygen atoms in total. The molecule has 1 amide bonds. The van der Waals surface area contributed by atoms with Crippen LogP contribution in [0.4, 0.5) is 5.69 Å². The number of halogens is 1. The molecule has 0 saturated carbocycles. The molecule has 0 atom stereocenters. The number of nitriles is 1. The summed E-state index contributed by atoms with van der Waals surface area (Å²) >= 11 is 5.91. The van der Waals surface area contributed by atoms with Gasteiger partial charge in [0.2, 0.25) is 0 Å². The Labute approximate surface area is 193 Å². The third-order valence-electron chi connectivity index (χ3n) is 4.66. The third-order valence-corrected chi connectivity index (χ3v) is 4.89. The number of allylic oxidation sites excluding steroid dienone is 1. The molecular weight excluding hydrogens is 440 g/mol. The number of nitrogens with zero attached hydrogens (tertiary/aromatic N) is 2. The van der Waals surface area contributed by atoms with Crippen LogP contribution in [-0.2, 0) is 4.79 Å². The van der Waals surface area contributed by atoms with Crippen molar-refractivity contribution in [3.05, 3.63) is 99.6 Å². The molecule has 4 rings (SSSR count). The molecule has 0 bridgehead atoms. The predicted octanol–water partition coefficient (Wildman–Crippen LogP) is 4.66. The first-order valence-electron chi connectivity index (χ1n) is 9.91. The van der Waals surface area contributed by atoms with E-state index < -0.39 is 0 Å². The highest BCUT2D eigenvalue weighted by molar-refractivity contribution is 6.30. The molecule has 0 spiro atoms. The first kappa shape index (κ1) is 21.8. The molecule has 1 aromatic heterocycles. The van der Waals surface area contributed by atoms with Crippen molar-refractivity contribution in [3.63, 3.8) is 0 Å². The van der Waals surface area contributed by atoms with Gasteiger partial charge < -0.3 is 15.0 Å². The maximum absolute atomic E-state index is 12.3. The summed E-state index contributed by atoms with van der Waals surface area (Å²) in [6.07, 6.45) is 1.61. The summed E-state index contributed by atoms with van der Waals surface area (Å²) in [7, 11) is 0. The molecule has 0 radical (unpaired) electrons. The van der Waals surface area contributed by atoms with Gasteiger partial charge in [-0.15, -0.1) is 0 Å². The number of para-hydroxylation sites is 1. The zero-order valence-electron chi connectivity index (χ0n) is 17.2. The lowest BCUT2D eigenvalue weighted by Gasteiger charge is -2.08. The molecule has 2 N–H and O–H groups in total. The van der Waals surface area contributed by atoms with Crippen molar-refractivity contribution in [2.24, 2.45) is 0 Å². The maximum atomic E-state index is 12.3. The van der Waals surface area contributed by atoms with Gasteiger partial charge >= 0.3 is 0 Å². The molecule has 0 saturated heterocycles. The van der Waals surface area contributed by atoms with Gasteiger partial charge in [-0.25, -0.2) is 4.98 Å². The number of benzene rings is 3. The fraction of sp³-hybridized carbons (Fsp3) is 0.0400. The molecule has 162 valence electrons. The van der Waals surface area contributed by atoms with Gasteiger partial charge in [0.05, 0.1) is 16.5 Å². The lowest BCUT2D eigenvalue weighted by molar-refractivity contribution is -0.118. The molecule has 3 aromatic carbocycles. The highest BCUT2D eigenvalue weighted by atomic mass is 35.5. The van der Waals surface area contributed by atoms with E-state index in [9.17, 15) is 14.9 Å². The molecular formula is C25H17ClN4O3. The van der Waals surface area contributed by atoms with Crippen LogP contribution in [0.1, 0.15) is 11.4 Å². The minimum absolute atomic E-state index is 0.173. The van der Waals surface area contributed by atoms with Gasteiger partial charge in [0, 0.05) is 10.7 Å². The number of anilines is 1. The summed E-state index contributed by atoms with van der Waals surface area (Å²) in [5, 5.41) is 13.3. The van der Waals surface area contributed by atoms with Gasteiger partial charge in [0.25, 0.3) is 11.5 Å². The second-order valence-corrected chi connectivity index (χ2v) is 7.45. The minimum atomic E-state index is -0.320. The van der Waals surface area contributed by atoms with Crippen LogP contribution < -0.4 is 15.6 Å². The summed E-state index contributed by atoms with van der Waals surface area (Å²) in [5.74, 6) is 0.364. The zero-order valence-corrected chi connectivity index (χ0v) is 18.0. The van der Waals surface area contributed by atoms with Crippen molar-refractivity contribution in [1.29, 1.82) is 5.26 Å². The van der Waals surface area contributed by atoms with Crippen molar-refractivity contribution in [1.82, 2.24) is 9.97 Å². The Morgan fingerprint density at radius 1 is 1.12 bits per heavy atom. The van der Waals surface area contributed by atoms with Crippen molar-refractivity contribution in [2.75, 3.05) is 11.9 Å². The summed E-state index contributed by atoms with van der Waals surface area (Å²) in [6, 6.07) is 22.7. The molecule has 0 aliphatic heterocycles. The Hall–Kier alpha value is -4.41. The Kier molecular flexibility index (Phi) is 6.48. The quantitative estimate of drug-likeness (QED) is 0.410. The van der Waals surface area contributed by atoms with E-state index in [1.54, 1.807) is 78.9 Å². The van der Waals surface area contributed by atoms with Crippen molar-refractivity contribution in [3.8, 4) is 11.8 Å². The second-order valence-electron chi connectivity index (χ2n) is 7.02. The second kappa shape index (κ2) is 9.81. The first-order valence-corrected chi connectivity index (χ1v) is 10.3. The number of ether oxygens (including phenoxy) is 1. The van der Waals surface area contributed by atoms with E-state index in [-0.39, 0.29) is 29.5 Å². The lowest BCUT2D eigenvalue weighted by Crippen LogP contribution is -2.20. The summed E-state index contributed by atoms with van der Waals surface area (Å²) < 4.78 is 5.51. The van der Waals surface area contributed by atoms with E-state index in [0.717, 1.165) is 0 Å². The van der Waals surface area contributed by atoms with Crippen molar-refractivity contribution in [2.45, 2.75) is 0 Å². The monoisotopic (exact) mass is 456 g/mol. The number of carbonyl (C=O) groups excluding carboxylic acids is 1. The third kappa shape index (κ3) is 5.45. The lowest BCUT2D eigenvalue weighted by atomic mass is 10.1. The number of aromatic nitrogens is 2. The predicted molar refractivity (Wildman–Crippen MR) is 128 cm³/mol. The van der Waals surface area contributed by atoms with Gasteiger partial charge in [0.1, 0.15) is 11.8 Å². The molecule has 0 unspecified atom stereocenters. The molecule has 0 aliphatic rings. The van der Waals surface area contributed by atoms with E-state index in [4.69, 9.17) is 16.3 Å². The summed E-state index contributed by atoms with van der Waals surface area (Å²) in [6.45, 7) is -0.173.